The van der Waals surface area contributed by atoms with E-state index in [1.54, 1.807) is 37.6 Å². The Labute approximate surface area is 469 Å². The third kappa shape index (κ3) is 13.5. The van der Waals surface area contributed by atoms with Crippen LogP contribution in [0.25, 0.3) is 5.57 Å². The van der Waals surface area contributed by atoms with Crippen molar-refractivity contribution in [2.75, 3.05) is 64.1 Å². The summed E-state index contributed by atoms with van der Waals surface area (Å²) in [7, 11) is -0.513. The molecule has 19 heteroatoms. The number of anilines is 2. The van der Waals surface area contributed by atoms with E-state index in [0.717, 1.165) is 30.4 Å². The van der Waals surface area contributed by atoms with Crippen LogP contribution in [0.4, 0.5) is 21.0 Å². The number of nitrogens with one attached hydrogen (secondary N) is 1. The van der Waals surface area contributed by atoms with Crippen LogP contribution in [0.3, 0.4) is 0 Å². The number of unbranched alkanes of at least 4 members (excludes halogenated alkanes) is 2. The van der Waals surface area contributed by atoms with Crippen LogP contribution in [0.15, 0.2) is 80.0 Å². The minimum atomic E-state index is -2.60. The summed E-state index contributed by atoms with van der Waals surface area (Å²) < 4.78 is 55.9. The predicted molar refractivity (Wildman–Crippen MR) is 312 cm³/mol. The highest BCUT2D eigenvalue weighted by atomic mass is 28.4. The molecule has 1 spiro atoms. The second kappa shape index (κ2) is 24.6. The van der Waals surface area contributed by atoms with Gasteiger partial charge < -0.3 is 52.2 Å². The number of allylic oxidation sites excluding steroid dienone is 1. The summed E-state index contributed by atoms with van der Waals surface area (Å²) in [6.07, 6.45) is 7.12. The fourth-order valence-electron chi connectivity index (χ4n) is 9.67. The molecule has 0 radical (unpaired) electrons. The molecule has 3 atom stereocenters. The Bertz CT molecular complexity index is 2760. The van der Waals surface area contributed by atoms with Gasteiger partial charge in [-0.1, -0.05) is 79.0 Å². The van der Waals surface area contributed by atoms with Crippen molar-refractivity contribution < 1.29 is 61.2 Å². The largest absolute Gasteiger partial charge is 0.497 e. The molecule has 430 valence electrons. The molecular formula is C60H84N4O13Si2. The van der Waals surface area contributed by atoms with E-state index in [1.165, 1.54) is 36.2 Å². The van der Waals surface area contributed by atoms with E-state index in [-0.39, 0.29) is 70.9 Å². The number of benzene rings is 3. The third-order valence-corrected chi connectivity index (χ3v) is 25.4. The molecule has 1 aliphatic carbocycles. The quantitative estimate of drug-likeness (QED) is 0.0644. The van der Waals surface area contributed by atoms with Gasteiger partial charge in [-0.05, 0) is 128 Å². The van der Waals surface area contributed by atoms with Crippen molar-refractivity contribution in [1.82, 2.24) is 10.2 Å². The normalized spacial score (nSPS) is 19.8. The molecule has 7 rings (SSSR count). The highest BCUT2D eigenvalue weighted by molar-refractivity contribution is 6.74. The molecule has 17 nitrogen and oxygen atoms in total. The number of hydrogen-bond acceptors (Lipinski definition) is 13. The Morgan fingerprint density at radius 1 is 0.709 bits per heavy atom. The Morgan fingerprint density at radius 3 is 1.76 bits per heavy atom. The zero-order chi connectivity index (χ0) is 57.7. The first-order valence-electron chi connectivity index (χ1n) is 27.5. The lowest BCUT2D eigenvalue weighted by Gasteiger charge is -2.44. The number of ether oxygens (including phenoxy) is 7. The van der Waals surface area contributed by atoms with E-state index >= 15 is 0 Å². The first-order chi connectivity index (χ1) is 37.3. The van der Waals surface area contributed by atoms with Crippen molar-refractivity contribution in [3.63, 3.8) is 0 Å². The molecule has 0 aromatic heterocycles. The molecular weight excluding hydrogens is 1040 g/mol. The summed E-state index contributed by atoms with van der Waals surface area (Å²) in [5.41, 5.74) is 2.73. The number of rotatable bonds is 20. The molecule has 4 amide bonds. The Kier molecular flexibility index (Phi) is 18.8. The minimum absolute atomic E-state index is 0.0131. The summed E-state index contributed by atoms with van der Waals surface area (Å²) in [5, 5.41) is 2.55. The molecule has 3 heterocycles. The van der Waals surface area contributed by atoms with E-state index in [0.29, 0.717) is 72.9 Å². The van der Waals surface area contributed by atoms with E-state index in [9.17, 15) is 19.2 Å². The maximum absolute atomic E-state index is 14.7. The maximum Gasteiger partial charge on any atom is 0.416 e. The Morgan fingerprint density at radius 2 is 1.24 bits per heavy atom. The van der Waals surface area contributed by atoms with Crippen molar-refractivity contribution in [2.45, 2.75) is 148 Å². The number of carbonyl (C=O) groups excluding carboxylic acids is 4. The minimum Gasteiger partial charge on any atom is -0.497 e. The van der Waals surface area contributed by atoms with Gasteiger partial charge in [0.1, 0.15) is 25.2 Å². The summed E-state index contributed by atoms with van der Waals surface area (Å²) in [5.74, 6) is 1.34. The molecule has 3 aromatic rings. The fourth-order valence-corrected chi connectivity index (χ4v) is 12.1. The van der Waals surface area contributed by atoms with Gasteiger partial charge in [-0.3, -0.25) is 14.5 Å². The zero-order valence-corrected chi connectivity index (χ0v) is 50.8. The molecule has 3 aliphatic heterocycles. The summed E-state index contributed by atoms with van der Waals surface area (Å²) in [4.78, 5) is 62.8. The molecule has 1 N–H and O–H groups in total. The van der Waals surface area contributed by atoms with Crippen LogP contribution in [0.2, 0.25) is 36.3 Å². The monoisotopic (exact) mass is 1120 g/mol. The van der Waals surface area contributed by atoms with E-state index < -0.39 is 47.2 Å². The zero-order valence-electron chi connectivity index (χ0n) is 48.8. The van der Waals surface area contributed by atoms with Crippen LogP contribution in [0.1, 0.15) is 119 Å². The van der Waals surface area contributed by atoms with Gasteiger partial charge in [0.15, 0.2) is 45.9 Å². The summed E-state index contributed by atoms with van der Waals surface area (Å²) in [6, 6.07) is 13.8. The standard InChI is InChI=1S/C60H84N4O13Si2/c1-16-29-74-56(67)63-45-35-50(48(70-10)33-43(45)53(65)61-38-41(40-21-24-42(69-9)25-22-40)23-26-52(63)76-78(12,13)58(3,4)5)72-31-19-18-20-32-73-51-36-46-44(34-49(51)71-11)54(66)62-39-60(27-28-60)37-47(62)55(64(46)57(68)75-30-17-2)77-79(14,15)59(6,7)8/h16-17,21-22,24-25,33-36,38,47,52,55H,1-2,18-20,23,26-32,37,39H2,3-15H3,(H,61,65)/b41-38+/t47-,52?,55?/m0/s1. The number of nitrogens with zero attached hydrogens (tertiary/aromatic N) is 3. The lowest BCUT2D eigenvalue weighted by molar-refractivity contribution is 0.0528. The van der Waals surface area contributed by atoms with E-state index in [1.807, 2.05) is 29.2 Å². The van der Waals surface area contributed by atoms with Gasteiger partial charge in [0.25, 0.3) is 11.8 Å². The van der Waals surface area contributed by atoms with Gasteiger partial charge in [0.05, 0.1) is 63.1 Å². The summed E-state index contributed by atoms with van der Waals surface area (Å²) >= 11 is 0. The molecule has 1 saturated carbocycles. The topological polar surface area (TPSA) is 173 Å². The van der Waals surface area contributed by atoms with Crippen LogP contribution < -0.4 is 38.8 Å². The van der Waals surface area contributed by atoms with Gasteiger partial charge in [0.2, 0.25) is 0 Å². The Hall–Kier alpha value is -6.29. The second-order valence-corrected chi connectivity index (χ2v) is 33.5. The van der Waals surface area contributed by atoms with Crippen molar-refractivity contribution in [3.8, 4) is 28.7 Å². The van der Waals surface area contributed by atoms with Crippen molar-refractivity contribution >= 4 is 57.6 Å². The molecule has 3 aromatic carbocycles. The molecule has 4 aliphatic rings. The second-order valence-electron chi connectivity index (χ2n) is 24.0. The smallest absolute Gasteiger partial charge is 0.416 e. The first kappa shape index (κ1) is 60.4. The highest BCUT2D eigenvalue weighted by Gasteiger charge is 2.60. The molecule has 0 bridgehead atoms. The number of carbonyl (C=O) groups is 4. The fraction of sp³-hybridized carbons (Fsp3) is 0.533. The van der Waals surface area contributed by atoms with Crippen molar-refractivity contribution in [3.05, 3.63) is 96.7 Å². The number of hydrogen-bond donors (Lipinski definition) is 1. The van der Waals surface area contributed by atoms with E-state index in [2.05, 4.69) is 86.2 Å². The maximum atomic E-state index is 14.7. The SMILES string of the molecule is C=CCOC(=O)N1c2cc(OCCCCCOc3cc4c(cc3OC)C(=O)N3CC5(CC5)C[C@H]3C(O[Si](C)(C)C(C)(C)C)N4C(=O)OCC=C)c(OC)cc2C(=O)N/C=C(/c2ccc(OC)cc2)CCC1O[Si](C)(C)C(C)(C)C. The van der Waals surface area contributed by atoms with E-state index in [4.69, 9.17) is 42.0 Å². The van der Waals surface area contributed by atoms with Gasteiger partial charge >= 0.3 is 12.2 Å². The predicted octanol–water partition coefficient (Wildman–Crippen LogP) is 12.9. The van der Waals surface area contributed by atoms with Gasteiger partial charge in [-0.15, -0.1) is 0 Å². The molecule has 79 heavy (non-hydrogen) atoms. The van der Waals surface area contributed by atoms with Crippen molar-refractivity contribution in [2.24, 2.45) is 5.41 Å². The lowest BCUT2D eigenvalue weighted by atomic mass is 10.00. The van der Waals surface area contributed by atoms with Crippen LogP contribution in [-0.2, 0) is 18.3 Å². The number of methoxy groups -OCH3 is 3. The van der Waals surface area contributed by atoms with Crippen LogP contribution in [-0.4, -0.2) is 118 Å². The molecule has 2 unspecified atom stereocenters. The third-order valence-electron chi connectivity index (χ3n) is 16.5. The van der Waals surface area contributed by atoms with Gasteiger partial charge in [-0.2, -0.15) is 0 Å². The van der Waals surface area contributed by atoms with Crippen LogP contribution >= 0.6 is 0 Å². The number of fused-ring (bicyclic) bond motifs is 3. The highest BCUT2D eigenvalue weighted by Crippen LogP contribution is 2.58. The summed E-state index contributed by atoms with van der Waals surface area (Å²) in [6.45, 7) is 30.0. The van der Waals surface area contributed by atoms with Gasteiger partial charge in [0, 0.05) is 24.9 Å². The first-order valence-corrected chi connectivity index (χ1v) is 33.3. The van der Waals surface area contributed by atoms with Gasteiger partial charge in [-0.25, -0.2) is 14.5 Å². The van der Waals surface area contributed by atoms with Crippen LogP contribution in [0.5, 0.6) is 28.7 Å². The van der Waals surface area contributed by atoms with Crippen molar-refractivity contribution in [1.29, 1.82) is 0 Å². The Balaban J connectivity index is 1.13. The lowest BCUT2D eigenvalue weighted by Crippen LogP contribution is -2.58. The molecule has 2 fully saturated rings. The average molecular weight is 1130 g/mol. The van der Waals surface area contributed by atoms with Crippen LogP contribution in [0, 0.1) is 5.41 Å². The molecule has 1 saturated heterocycles. The number of amides is 4. The average Bonchev–Trinajstić information content (AvgIpc) is 3.90.